The van der Waals surface area contributed by atoms with Gasteiger partial charge in [0.05, 0.1) is 7.11 Å². The van der Waals surface area contributed by atoms with Crippen molar-refractivity contribution in [3.05, 3.63) is 29.3 Å². The van der Waals surface area contributed by atoms with E-state index >= 15 is 0 Å². The molecule has 0 heterocycles. The van der Waals surface area contributed by atoms with E-state index in [1.165, 1.54) is 7.05 Å². The van der Waals surface area contributed by atoms with E-state index in [0.717, 1.165) is 21.9 Å². The molecule has 1 atom stereocenters. The molecule has 100 valence electrons. The molecule has 18 heavy (non-hydrogen) atoms. The standard InChI is InChI=1S/C13H21N3O2/c1-8(2)10-7-9(5-6-11(10)18-4)12(14)13(17)16(3)15/h5-8,12H,14-15H2,1-4H3. The summed E-state index contributed by atoms with van der Waals surface area (Å²) in [5.41, 5.74) is 7.65. The zero-order valence-electron chi connectivity index (χ0n) is 11.3. The number of rotatable bonds is 4. The molecule has 0 saturated heterocycles. The molecule has 0 fully saturated rings. The first-order valence-electron chi connectivity index (χ1n) is 5.84. The lowest BCUT2D eigenvalue weighted by Gasteiger charge is -2.19. The van der Waals surface area contributed by atoms with Crippen LogP contribution in [0.4, 0.5) is 0 Å². The molecule has 5 nitrogen and oxygen atoms in total. The van der Waals surface area contributed by atoms with E-state index in [2.05, 4.69) is 13.8 Å². The van der Waals surface area contributed by atoms with Crippen molar-refractivity contribution in [3.63, 3.8) is 0 Å². The first-order chi connectivity index (χ1) is 8.38. The number of methoxy groups -OCH3 is 1. The third-order valence-electron chi connectivity index (χ3n) is 2.85. The van der Waals surface area contributed by atoms with E-state index in [1.807, 2.05) is 12.1 Å². The molecule has 4 N–H and O–H groups in total. The maximum Gasteiger partial charge on any atom is 0.257 e. The van der Waals surface area contributed by atoms with Crippen molar-refractivity contribution in [2.24, 2.45) is 11.6 Å². The van der Waals surface area contributed by atoms with Crippen LogP contribution in [0.25, 0.3) is 0 Å². The Morgan fingerprint density at radius 1 is 1.39 bits per heavy atom. The van der Waals surface area contributed by atoms with Gasteiger partial charge >= 0.3 is 0 Å². The van der Waals surface area contributed by atoms with E-state index in [-0.39, 0.29) is 11.8 Å². The van der Waals surface area contributed by atoms with Crippen molar-refractivity contribution in [1.29, 1.82) is 0 Å². The van der Waals surface area contributed by atoms with Crippen LogP contribution in [0.2, 0.25) is 0 Å². The fourth-order valence-electron chi connectivity index (χ4n) is 1.76. The number of ether oxygens (including phenoxy) is 1. The average molecular weight is 251 g/mol. The van der Waals surface area contributed by atoms with Crippen LogP contribution in [-0.2, 0) is 4.79 Å². The fourth-order valence-corrected chi connectivity index (χ4v) is 1.76. The average Bonchev–Trinajstić information content (AvgIpc) is 2.35. The van der Waals surface area contributed by atoms with Gasteiger partial charge in [-0.15, -0.1) is 0 Å². The third kappa shape index (κ3) is 3.00. The lowest BCUT2D eigenvalue weighted by Crippen LogP contribution is -2.40. The van der Waals surface area contributed by atoms with Gasteiger partial charge in [-0.25, -0.2) is 5.84 Å². The monoisotopic (exact) mass is 251 g/mol. The van der Waals surface area contributed by atoms with Crippen LogP contribution in [0.1, 0.15) is 36.9 Å². The Labute approximate surface area is 108 Å². The maximum absolute atomic E-state index is 11.7. The van der Waals surface area contributed by atoms with Crippen LogP contribution in [0, 0.1) is 0 Å². The second-order valence-corrected chi connectivity index (χ2v) is 4.58. The highest BCUT2D eigenvalue weighted by molar-refractivity contribution is 5.82. The Morgan fingerprint density at radius 3 is 2.44 bits per heavy atom. The summed E-state index contributed by atoms with van der Waals surface area (Å²) >= 11 is 0. The zero-order chi connectivity index (χ0) is 13.9. The van der Waals surface area contributed by atoms with E-state index in [4.69, 9.17) is 16.3 Å². The molecule has 0 saturated carbocycles. The van der Waals surface area contributed by atoms with Gasteiger partial charge in [-0.2, -0.15) is 0 Å². The molecule has 0 aliphatic carbocycles. The highest BCUT2D eigenvalue weighted by atomic mass is 16.5. The van der Waals surface area contributed by atoms with Gasteiger partial charge in [0.15, 0.2) is 0 Å². The summed E-state index contributed by atoms with van der Waals surface area (Å²) in [5.74, 6) is 6.17. The topological polar surface area (TPSA) is 81.6 Å². The summed E-state index contributed by atoms with van der Waals surface area (Å²) in [4.78, 5) is 11.7. The molecule has 0 spiro atoms. The highest BCUT2D eigenvalue weighted by Crippen LogP contribution is 2.29. The largest absolute Gasteiger partial charge is 0.496 e. The van der Waals surface area contributed by atoms with Crippen LogP contribution in [0.15, 0.2) is 18.2 Å². The quantitative estimate of drug-likeness (QED) is 0.478. The molecule has 1 amide bonds. The summed E-state index contributed by atoms with van der Waals surface area (Å²) in [6, 6.07) is 4.77. The minimum Gasteiger partial charge on any atom is -0.496 e. The summed E-state index contributed by atoms with van der Waals surface area (Å²) < 4.78 is 5.29. The van der Waals surface area contributed by atoms with Gasteiger partial charge in [-0.05, 0) is 29.2 Å². The van der Waals surface area contributed by atoms with Crippen molar-refractivity contribution >= 4 is 5.91 Å². The number of carbonyl (C=O) groups is 1. The first-order valence-corrected chi connectivity index (χ1v) is 5.84. The molecule has 0 bridgehead atoms. The predicted molar refractivity (Wildman–Crippen MR) is 71.0 cm³/mol. The molecular weight excluding hydrogens is 230 g/mol. The van der Waals surface area contributed by atoms with Gasteiger partial charge in [-0.1, -0.05) is 19.9 Å². The minimum atomic E-state index is -0.747. The molecule has 1 rings (SSSR count). The smallest absolute Gasteiger partial charge is 0.257 e. The number of hydrazine groups is 1. The third-order valence-corrected chi connectivity index (χ3v) is 2.85. The van der Waals surface area contributed by atoms with Crippen LogP contribution in [0.5, 0.6) is 5.75 Å². The SMILES string of the molecule is COc1ccc(C(N)C(=O)N(C)N)cc1C(C)C. The van der Waals surface area contributed by atoms with Crippen molar-refractivity contribution in [1.82, 2.24) is 5.01 Å². The van der Waals surface area contributed by atoms with Crippen LogP contribution in [0.3, 0.4) is 0 Å². The number of benzene rings is 1. The number of amides is 1. The summed E-state index contributed by atoms with van der Waals surface area (Å²) in [5, 5.41) is 1.00. The summed E-state index contributed by atoms with van der Waals surface area (Å²) in [6.45, 7) is 4.12. The van der Waals surface area contributed by atoms with Crippen molar-refractivity contribution in [3.8, 4) is 5.75 Å². The molecular formula is C13H21N3O2. The number of likely N-dealkylation sites (N-methyl/N-ethyl adjacent to an activating group) is 1. The van der Waals surface area contributed by atoms with Gasteiger partial charge in [0.25, 0.3) is 5.91 Å². The van der Waals surface area contributed by atoms with Crippen LogP contribution < -0.4 is 16.3 Å². The Hall–Kier alpha value is -1.59. The molecule has 5 heteroatoms. The van der Waals surface area contributed by atoms with E-state index < -0.39 is 6.04 Å². The first kappa shape index (κ1) is 14.5. The summed E-state index contributed by atoms with van der Waals surface area (Å²) in [7, 11) is 3.11. The van der Waals surface area contributed by atoms with Crippen LogP contribution >= 0.6 is 0 Å². The summed E-state index contributed by atoms with van der Waals surface area (Å²) in [6.07, 6.45) is 0. The Morgan fingerprint density at radius 2 is 2.00 bits per heavy atom. The second-order valence-electron chi connectivity index (χ2n) is 4.58. The maximum atomic E-state index is 11.7. The van der Waals surface area contributed by atoms with Crippen molar-refractivity contribution < 1.29 is 9.53 Å². The van der Waals surface area contributed by atoms with E-state index in [9.17, 15) is 4.79 Å². The van der Waals surface area contributed by atoms with Gasteiger partial charge < -0.3 is 10.5 Å². The molecule has 1 aromatic carbocycles. The molecule has 0 aliphatic rings. The van der Waals surface area contributed by atoms with Gasteiger partial charge in [0.1, 0.15) is 11.8 Å². The lowest BCUT2D eigenvalue weighted by molar-refractivity contribution is -0.131. The zero-order valence-corrected chi connectivity index (χ0v) is 11.3. The minimum absolute atomic E-state index is 0.290. The Bertz CT molecular complexity index is 430. The van der Waals surface area contributed by atoms with Crippen LogP contribution in [-0.4, -0.2) is 25.1 Å². The fraction of sp³-hybridized carbons (Fsp3) is 0.462. The lowest BCUT2D eigenvalue weighted by atomic mass is 9.96. The molecule has 1 aromatic rings. The second kappa shape index (κ2) is 5.84. The molecule has 0 aromatic heterocycles. The number of hydrogen-bond donors (Lipinski definition) is 2. The normalized spacial score (nSPS) is 12.4. The van der Waals surface area contributed by atoms with Gasteiger partial charge in [0, 0.05) is 7.05 Å². The van der Waals surface area contributed by atoms with Gasteiger partial charge in [-0.3, -0.25) is 9.80 Å². The Kier molecular flexibility index (Phi) is 4.69. The number of nitrogens with two attached hydrogens (primary N) is 2. The number of nitrogens with zero attached hydrogens (tertiary/aromatic N) is 1. The molecule has 0 radical (unpaired) electrons. The van der Waals surface area contributed by atoms with Crippen molar-refractivity contribution in [2.75, 3.05) is 14.2 Å². The Balaban J connectivity index is 3.12. The molecule has 0 aliphatic heterocycles. The number of carbonyl (C=O) groups excluding carboxylic acids is 1. The highest BCUT2D eigenvalue weighted by Gasteiger charge is 2.20. The predicted octanol–water partition coefficient (Wildman–Crippen LogP) is 1.15. The molecule has 1 unspecified atom stereocenters. The number of hydrogen-bond acceptors (Lipinski definition) is 4. The van der Waals surface area contributed by atoms with Gasteiger partial charge in [0.2, 0.25) is 0 Å². The van der Waals surface area contributed by atoms with E-state index in [0.29, 0.717) is 0 Å². The van der Waals surface area contributed by atoms with E-state index in [1.54, 1.807) is 13.2 Å². The van der Waals surface area contributed by atoms with Crippen molar-refractivity contribution in [2.45, 2.75) is 25.8 Å².